The topological polar surface area (TPSA) is 29.5 Å². The van der Waals surface area contributed by atoms with Crippen molar-refractivity contribution in [2.45, 2.75) is 23.6 Å². The first-order chi connectivity index (χ1) is 11.2. The standard InChI is InChI=1S/C19H23NO2S/c1-16(23-18-11-7-4-8-12-18)19(21)20(13-14-22-2)15-17-9-5-3-6-10-17/h3-12,16H,13-15H2,1-2H3. The van der Waals surface area contributed by atoms with E-state index in [4.69, 9.17) is 4.74 Å². The van der Waals surface area contributed by atoms with Gasteiger partial charge in [0.25, 0.3) is 0 Å². The fraction of sp³-hybridized carbons (Fsp3) is 0.316. The van der Waals surface area contributed by atoms with E-state index in [0.717, 1.165) is 10.5 Å². The van der Waals surface area contributed by atoms with Crippen LogP contribution in [0.2, 0.25) is 0 Å². The van der Waals surface area contributed by atoms with Crippen LogP contribution < -0.4 is 0 Å². The van der Waals surface area contributed by atoms with Crippen molar-refractivity contribution >= 4 is 17.7 Å². The van der Waals surface area contributed by atoms with Gasteiger partial charge >= 0.3 is 0 Å². The molecule has 0 fully saturated rings. The van der Waals surface area contributed by atoms with Crippen LogP contribution >= 0.6 is 11.8 Å². The Morgan fingerprint density at radius 3 is 2.30 bits per heavy atom. The molecule has 3 nitrogen and oxygen atoms in total. The number of methoxy groups -OCH3 is 1. The van der Waals surface area contributed by atoms with Crippen molar-refractivity contribution in [3.8, 4) is 0 Å². The van der Waals surface area contributed by atoms with Gasteiger partial charge in [0.15, 0.2) is 0 Å². The van der Waals surface area contributed by atoms with Gasteiger partial charge in [-0.15, -0.1) is 11.8 Å². The molecule has 2 aromatic carbocycles. The number of carbonyl (C=O) groups excluding carboxylic acids is 1. The van der Waals surface area contributed by atoms with Crippen molar-refractivity contribution in [2.24, 2.45) is 0 Å². The quantitative estimate of drug-likeness (QED) is 0.689. The van der Waals surface area contributed by atoms with E-state index >= 15 is 0 Å². The molecular weight excluding hydrogens is 306 g/mol. The number of thioether (sulfide) groups is 1. The fourth-order valence-electron chi connectivity index (χ4n) is 2.28. The summed E-state index contributed by atoms with van der Waals surface area (Å²) >= 11 is 1.59. The van der Waals surface area contributed by atoms with Gasteiger partial charge in [-0.25, -0.2) is 0 Å². The molecule has 2 rings (SSSR count). The Bertz CT molecular complexity index is 589. The molecule has 1 atom stereocenters. The van der Waals surface area contributed by atoms with Gasteiger partial charge in [0.05, 0.1) is 11.9 Å². The summed E-state index contributed by atoms with van der Waals surface area (Å²) in [6.07, 6.45) is 0. The summed E-state index contributed by atoms with van der Waals surface area (Å²) in [5.74, 6) is 0.139. The molecule has 1 unspecified atom stereocenters. The summed E-state index contributed by atoms with van der Waals surface area (Å²) in [6, 6.07) is 20.1. The molecule has 2 aromatic rings. The van der Waals surface area contributed by atoms with E-state index in [1.165, 1.54) is 0 Å². The lowest BCUT2D eigenvalue weighted by molar-refractivity contribution is -0.131. The maximum absolute atomic E-state index is 12.8. The summed E-state index contributed by atoms with van der Waals surface area (Å²) in [6.45, 7) is 3.72. The first-order valence-corrected chi connectivity index (χ1v) is 8.62. The Kier molecular flexibility index (Phi) is 7.17. The van der Waals surface area contributed by atoms with Crippen LogP contribution in [0.1, 0.15) is 12.5 Å². The van der Waals surface area contributed by atoms with Crippen molar-refractivity contribution in [2.75, 3.05) is 20.3 Å². The second-order valence-electron chi connectivity index (χ2n) is 5.31. The minimum absolute atomic E-state index is 0.127. The number of rotatable bonds is 8. The molecule has 122 valence electrons. The lowest BCUT2D eigenvalue weighted by Gasteiger charge is -2.25. The van der Waals surface area contributed by atoms with E-state index in [9.17, 15) is 4.79 Å². The lowest BCUT2D eigenvalue weighted by Crippen LogP contribution is -2.38. The lowest BCUT2D eigenvalue weighted by atomic mass is 10.2. The number of nitrogens with zero attached hydrogens (tertiary/aromatic N) is 1. The third kappa shape index (κ3) is 5.73. The zero-order valence-corrected chi connectivity index (χ0v) is 14.5. The van der Waals surface area contributed by atoms with Crippen LogP contribution in [-0.4, -0.2) is 36.3 Å². The molecule has 0 aromatic heterocycles. The largest absolute Gasteiger partial charge is 0.383 e. The SMILES string of the molecule is COCCN(Cc1ccccc1)C(=O)C(C)Sc1ccccc1. The highest BCUT2D eigenvalue weighted by Gasteiger charge is 2.21. The summed E-state index contributed by atoms with van der Waals surface area (Å²) in [7, 11) is 1.66. The fourth-order valence-corrected chi connectivity index (χ4v) is 3.26. The van der Waals surface area contributed by atoms with Crippen LogP contribution in [0, 0.1) is 0 Å². The number of benzene rings is 2. The first kappa shape index (κ1) is 17.6. The Labute approximate surface area is 142 Å². The van der Waals surface area contributed by atoms with Gasteiger partial charge in [0, 0.05) is 25.1 Å². The molecule has 0 aliphatic carbocycles. The van der Waals surface area contributed by atoms with E-state index < -0.39 is 0 Å². The maximum Gasteiger partial charge on any atom is 0.236 e. The zero-order chi connectivity index (χ0) is 16.5. The predicted molar refractivity (Wildman–Crippen MR) is 95.5 cm³/mol. The first-order valence-electron chi connectivity index (χ1n) is 7.74. The van der Waals surface area contributed by atoms with E-state index in [-0.39, 0.29) is 11.2 Å². The molecule has 1 amide bonds. The van der Waals surface area contributed by atoms with E-state index in [0.29, 0.717) is 19.7 Å². The van der Waals surface area contributed by atoms with Crippen molar-refractivity contribution in [1.82, 2.24) is 4.90 Å². The molecule has 0 aliphatic heterocycles. The van der Waals surface area contributed by atoms with Gasteiger partial charge in [-0.05, 0) is 24.6 Å². The molecule has 0 aliphatic rings. The van der Waals surface area contributed by atoms with E-state index in [2.05, 4.69) is 0 Å². The second kappa shape index (κ2) is 9.38. The summed E-state index contributed by atoms with van der Waals surface area (Å²) in [4.78, 5) is 15.8. The number of amides is 1. The van der Waals surface area contributed by atoms with Gasteiger partial charge in [0.1, 0.15) is 0 Å². The monoisotopic (exact) mass is 329 g/mol. The Balaban J connectivity index is 2.03. The van der Waals surface area contributed by atoms with Gasteiger partial charge in [0.2, 0.25) is 5.91 Å². The van der Waals surface area contributed by atoms with Gasteiger partial charge < -0.3 is 9.64 Å². The third-order valence-corrected chi connectivity index (χ3v) is 4.60. The number of hydrogen-bond acceptors (Lipinski definition) is 3. The van der Waals surface area contributed by atoms with Crippen molar-refractivity contribution in [3.05, 3.63) is 66.2 Å². The highest BCUT2D eigenvalue weighted by atomic mass is 32.2. The summed E-state index contributed by atoms with van der Waals surface area (Å²) in [5, 5.41) is -0.127. The van der Waals surface area contributed by atoms with Crippen LogP contribution in [-0.2, 0) is 16.1 Å². The smallest absolute Gasteiger partial charge is 0.236 e. The molecule has 0 spiro atoms. The minimum atomic E-state index is -0.127. The molecule has 0 heterocycles. The van der Waals surface area contributed by atoms with Crippen LogP contribution in [0.3, 0.4) is 0 Å². The molecular formula is C19H23NO2S. The van der Waals surface area contributed by atoms with Crippen molar-refractivity contribution < 1.29 is 9.53 Å². The molecule has 0 radical (unpaired) electrons. The molecule has 0 bridgehead atoms. The van der Waals surface area contributed by atoms with Crippen LogP contribution in [0.25, 0.3) is 0 Å². The number of hydrogen-bond donors (Lipinski definition) is 0. The summed E-state index contributed by atoms with van der Waals surface area (Å²) in [5.41, 5.74) is 1.13. The Morgan fingerprint density at radius 2 is 1.70 bits per heavy atom. The molecule has 0 saturated carbocycles. The van der Waals surface area contributed by atoms with Crippen LogP contribution in [0.15, 0.2) is 65.6 Å². The highest BCUT2D eigenvalue weighted by molar-refractivity contribution is 8.00. The predicted octanol–water partition coefficient (Wildman–Crippen LogP) is 3.84. The van der Waals surface area contributed by atoms with Gasteiger partial charge in [-0.1, -0.05) is 48.5 Å². The van der Waals surface area contributed by atoms with Crippen LogP contribution in [0.4, 0.5) is 0 Å². The van der Waals surface area contributed by atoms with E-state index in [1.807, 2.05) is 72.5 Å². The molecule has 0 N–H and O–H groups in total. The Hall–Kier alpha value is -1.78. The average Bonchev–Trinajstić information content (AvgIpc) is 2.59. The van der Waals surface area contributed by atoms with Crippen molar-refractivity contribution in [3.63, 3.8) is 0 Å². The van der Waals surface area contributed by atoms with Crippen LogP contribution in [0.5, 0.6) is 0 Å². The molecule has 4 heteroatoms. The van der Waals surface area contributed by atoms with Crippen molar-refractivity contribution in [1.29, 1.82) is 0 Å². The van der Waals surface area contributed by atoms with E-state index in [1.54, 1.807) is 18.9 Å². The number of ether oxygens (including phenoxy) is 1. The number of carbonyl (C=O) groups is 1. The second-order valence-corrected chi connectivity index (χ2v) is 6.73. The average molecular weight is 329 g/mol. The maximum atomic E-state index is 12.8. The molecule has 0 saturated heterocycles. The van der Waals surface area contributed by atoms with Gasteiger partial charge in [-0.2, -0.15) is 0 Å². The van der Waals surface area contributed by atoms with Gasteiger partial charge in [-0.3, -0.25) is 4.79 Å². The normalized spacial score (nSPS) is 11.9. The highest BCUT2D eigenvalue weighted by Crippen LogP contribution is 2.24. The minimum Gasteiger partial charge on any atom is -0.383 e. The third-order valence-electron chi connectivity index (χ3n) is 3.50. The Morgan fingerprint density at radius 1 is 1.09 bits per heavy atom. The molecule has 23 heavy (non-hydrogen) atoms. The summed E-state index contributed by atoms with van der Waals surface area (Å²) < 4.78 is 5.16. The zero-order valence-electron chi connectivity index (χ0n) is 13.6.